The second kappa shape index (κ2) is 9.93. The topological polar surface area (TPSA) is 88.4 Å². The summed E-state index contributed by atoms with van der Waals surface area (Å²) in [6.45, 7) is 3.69. The Bertz CT molecular complexity index is 894. The van der Waals surface area contributed by atoms with Gasteiger partial charge >= 0.3 is 5.97 Å². The third-order valence-electron chi connectivity index (χ3n) is 4.01. The molecule has 0 heterocycles. The molecule has 2 aromatic carbocycles. The zero-order valence-electron chi connectivity index (χ0n) is 16.1. The second-order valence-electron chi connectivity index (χ2n) is 6.19. The number of amides is 1. The summed E-state index contributed by atoms with van der Waals surface area (Å²) in [6.07, 6.45) is 0.407. The van der Waals surface area contributed by atoms with Crippen molar-refractivity contribution in [2.24, 2.45) is 0 Å². The van der Waals surface area contributed by atoms with Crippen molar-refractivity contribution in [3.63, 3.8) is 0 Å². The summed E-state index contributed by atoms with van der Waals surface area (Å²) in [4.78, 5) is 24.4. The molecule has 0 saturated carbocycles. The molecule has 1 N–H and O–H groups in total. The molecule has 0 aliphatic rings. The first-order valence-electron chi connectivity index (χ1n) is 8.73. The average molecular weight is 378 g/mol. The van der Waals surface area contributed by atoms with Gasteiger partial charge < -0.3 is 14.8 Å². The van der Waals surface area contributed by atoms with Gasteiger partial charge in [-0.3, -0.25) is 4.79 Å². The molecule has 2 aromatic rings. The molecule has 0 radical (unpaired) electrons. The van der Waals surface area contributed by atoms with Gasteiger partial charge in [0.15, 0.2) is 6.10 Å². The summed E-state index contributed by atoms with van der Waals surface area (Å²) in [5, 5.41) is 11.9. The van der Waals surface area contributed by atoms with Crippen LogP contribution in [0.2, 0.25) is 0 Å². The third kappa shape index (κ3) is 5.99. The normalized spacial score (nSPS) is 11.9. The maximum atomic E-state index is 12.2. The first-order chi connectivity index (χ1) is 13.4. The van der Waals surface area contributed by atoms with Crippen molar-refractivity contribution >= 4 is 18.0 Å². The lowest BCUT2D eigenvalue weighted by Gasteiger charge is -2.13. The van der Waals surface area contributed by atoms with Gasteiger partial charge in [-0.1, -0.05) is 42.0 Å². The van der Waals surface area contributed by atoms with Gasteiger partial charge in [0.2, 0.25) is 0 Å². The fourth-order valence-corrected chi connectivity index (χ4v) is 2.32. The molecular formula is C22H22N2O4. The maximum absolute atomic E-state index is 12.2. The zero-order chi connectivity index (χ0) is 20.5. The minimum Gasteiger partial charge on any atom is -0.497 e. The molecule has 0 unspecified atom stereocenters. The summed E-state index contributed by atoms with van der Waals surface area (Å²) in [5.74, 6) is -0.561. The van der Waals surface area contributed by atoms with Crippen molar-refractivity contribution in [3.05, 3.63) is 70.8 Å². The zero-order valence-corrected chi connectivity index (χ0v) is 16.1. The van der Waals surface area contributed by atoms with Crippen LogP contribution in [-0.4, -0.2) is 25.1 Å². The van der Waals surface area contributed by atoms with Crippen LogP contribution in [0.4, 0.5) is 0 Å². The molecule has 2 rings (SSSR count). The van der Waals surface area contributed by atoms with E-state index < -0.39 is 18.0 Å². The van der Waals surface area contributed by atoms with Crippen molar-refractivity contribution in [2.75, 3.05) is 7.11 Å². The number of hydrogen-bond acceptors (Lipinski definition) is 5. The Morgan fingerprint density at radius 1 is 1.14 bits per heavy atom. The van der Waals surface area contributed by atoms with Gasteiger partial charge in [0, 0.05) is 6.54 Å². The van der Waals surface area contributed by atoms with E-state index in [1.165, 1.54) is 13.0 Å². The van der Waals surface area contributed by atoms with Crippen LogP contribution in [0, 0.1) is 18.3 Å². The number of nitrogens with one attached hydrogen (secondary N) is 1. The molecular weight excluding hydrogens is 356 g/mol. The van der Waals surface area contributed by atoms with Gasteiger partial charge in [-0.15, -0.1) is 0 Å². The van der Waals surface area contributed by atoms with Crippen molar-refractivity contribution in [1.82, 2.24) is 5.32 Å². The van der Waals surface area contributed by atoms with Crippen LogP contribution in [0.25, 0.3) is 6.08 Å². The quantitative estimate of drug-likeness (QED) is 0.454. The van der Waals surface area contributed by atoms with Crippen molar-refractivity contribution < 1.29 is 19.1 Å². The summed E-state index contributed by atoms with van der Waals surface area (Å²) in [5.41, 5.74) is 2.49. The number of aryl methyl sites for hydroxylation is 1. The molecule has 6 nitrogen and oxygen atoms in total. The Balaban J connectivity index is 1.92. The van der Waals surface area contributed by atoms with E-state index in [9.17, 15) is 14.9 Å². The molecule has 6 heteroatoms. The summed E-state index contributed by atoms with van der Waals surface area (Å²) < 4.78 is 10.2. The van der Waals surface area contributed by atoms with Crippen molar-refractivity contribution in [2.45, 2.75) is 26.5 Å². The molecule has 0 spiro atoms. The fraction of sp³-hybridized carbons (Fsp3) is 0.227. The highest BCUT2D eigenvalue weighted by molar-refractivity contribution is 5.99. The Labute approximate surface area is 164 Å². The standard InChI is InChI=1S/C22H22N2O4/c1-15-4-6-17(7-5-15)12-19(13-23)22(26)28-16(2)21(25)24-14-18-8-10-20(27-3)11-9-18/h4-12,16H,14H2,1-3H3,(H,24,25)/b19-12+/t16-/m0/s1. The van der Waals surface area contributed by atoms with E-state index in [4.69, 9.17) is 9.47 Å². The number of carbonyl (C=O) groups excluding carboxylic acids is 2. The number of nitriles is 1. The first kappa shape index (κ1) is 20.7. The van der Waals surface area contributed by atoms with Gasteiger partial charge in [-0.05, 0) is 43.2 Å². The van der Waals surface area contributed by atoms with Crippen LogP contribution < -0.4 is 10.1 Å². The molecule has 1 atom stereocenters. The SMILES string of the molecule is COc1ccc(CNC(=O)[C@H](C)OC(=O)/C(C#N)=C/c2ccc(C)cc2)cc1. The monoisotopic (exact) mass is 378 g/mol. The molecule has 0 fully saturated rings. The fourth-order valence-electron chi connectivity index (χ4n) is 2.32. The molecule has 28 heavy (non-hydrogen) atoms. The van der Waals surface area contributed by atoms with E-state index >= 15 is 0 Å². The number of nitrogens with zero attached hydrogens (tertiary/aromatic N) is 1. The van der Waals surface area contributed by atoms with Crippen LogP contribution in [0.5, 0.6) is 5.75 Å². The number of rotatable bonds is 7. The number of carbonyl (C=O) groups is 2. The van der Waals surface area contributed by atoms with Crippen molar-refractivity contribution in [3.8, 4) is 11.8 Å². The Kier molecular flexibility index (Phi) is 7.35. The van der Waals surface area contributed by atoms with Gasteiger partial charge in [0.1, 0.15) is 17.4 Å². The summed E-state index contributed by atoms with van der Waals surface area (Å²) in [6, 6.07) is 16.4. The third-order valence-corrected chi connectivity index (χ3v) is 4.01. The predicted octanol–water partition coefficient (Wildman–Crippen LogP) is 3.16. The van der Waals surface area contributed by atoms with Crippen molar-refractivity contribution in [1.29, 1.82) is 5.26 Å². The largest absolute Gasteiger partial charge is 0.497 e. The van der Waals surface area contributed by atoms with Crippen LogP contribution in [0.3, 0.4) is 0 Å². The number of hydrogen-bond donors (Lipinski definition) is 1. The highest BCUT2D eigenvalue weighted by Gasteiger charge is 2.20. The number of esters is 1. The Morgan fingerprint density at radius 3 is 2.36 bits per heavy atom. The molecule has 0 bridgehead atoms. The minimum absolute atomic E-state index is 0.168. The van der Waals surface area contributed by atoms with Gasteiger partial charge in [0.25, 0.3) is 5.91 Å². The molecule has 0 aliphatic carbocycles. The van der Waals surface area contributed by atoms with Crippen LogP contribution in [0.1, 0.15) is 23.6 Å². The average Bonchev–Trinajstić information content (AvgIpc) is 2.71. The molecule has 1 amide bonds. The number of ether oxygens (including phenoxy) is 2. The van der Waals surface area contributed by atoms with Gasteiger partial charge in [0.05, 0.1) is 7.11 Å². The predicted molar refractivity (Wildman–Crippen MR) is 105 cm³/mol. The lowest BCUT2D eigenvalue weighted by molar-refractivity contribution is -0.150. The number of methoxy groups -OCH3 is 1. The minimum atomic E-state index is -1.03. The van der Waals surface area contributed by atoms with Crippen LogP contribution >= 0.6 is 0 Å². The lowest BCUT2D eigenvalue weighted by Crippen LogP contribution is -2.35. The molecule has 144 valence electrons. The smallest absolute Gasteiger partial charge is 0.349 e. The van der Waals surface area contributed by atoms with E-state index in [0.29, 0.717) is 5.56 Å². The van der Waals surface area contributed by atoms with Crippen LogP contribution in [-0.2, 0) is 20.9 Å². The van der Waals surface area contributed by atoms with E-state index in [2.05, 4.69) is 5.32 Å². The van der Waals surface area contributed by atoms with E-state index in [1.54, 1.807) is 31.4 Å². The first-order valence-corrected chi connectivity index (χ1v) is 8.73. The summed E-state index contributed by atoms with van der Waals surface area (Å²) >= 11 is 0. The van der Waals surface area contributed by atoms with Gasteiger partial charge in [-0.2, -0.15) is 5.26 Å². The molecule has 0 aliphatic heterocycles. The van der Waals surface area contributed by atoms with Gasteiger partial charge in [-0.25, -0.2) is 4.79 Å². The van der Waals surface area contributed by atoms with E-state index in [1.807, 2.05) is 37.3 Å². The number of benzene rings is 2. The Hall–Kier alpha value is -3.59. The van der Waals surface area contributed by atoms with Crippen LogP contribution in [0.15, 0.2) is 54.1 Å². The maximum Gasteiger partial charge on any atom is 0.349 e. The van der Waals surface area contributed by atoms with E-state index in [-0.39, 0.29) is 12.1 Å². The van der Waals surface area contributed by atoms with E-state index in [0.717, 1.165) is 16.9 Å². The lowest BCUT2D eigenvalue weighted by atomic mass is 10.1. The highest BCUT2D eigenvalue weighted by atomic mass is 16.5. The summed E-state index contributed by atoms with van der Waals surface area (Å²) in [7, 11) is 1.58. The molecule has 0 aromatic heterocycles. The Morgan fingerprint density at radius 2 is 1.79 bits per heavy atom. The molecule has 0 saturated heterocycles. The highest BCUT2D eigenvalue weighted by Crippen LogP contribution is 2.12. The second-order valence-corrected chi connectivity index (χ2v) is 6.19.